The molecule has 10 nitrogen and oxygen atoms in total. The van der Waals surface area contributed by atoms with Crippen LogP contribution in [-0.2, 0) is 11.3 Å². The maximum atomic E-state index is 15.1. The van der Waals surface area contributed by atoms with Gasteiger partial charge in [0, 0.05) is 42.2 Å². The summed E-state index contributed by atoms with van der Waals surface area (Å²) in [6.07, 6.45) is 5.27. The van der Waals surface area contributed by atoms with Gasteiger partial charge in [-0.3, -0.25) is 14.4 Å². The number of alkyl halides is 1. The van der Waals surface area contributed by atoms with E-state index in [0.29, 0.717) is 30.3 Å². The number of H-pyrrole nitrogens is 1. The highest BCUT2D eigenvalue weighted by Crippen LogP contribution is 2.39. The summed E-state index contributed by atoms with van der Waals surface area (Å²) in [4.78, 5) is 23.6. The van der Waals surface area contributed by atoms with Crippen LogP contribution in [0.15, 0.2) is 24.5 Å². The van der Waals surface area contributed by atoms with Crippen molar-refractivity contribution in [2.45, 2.75) is 69.3 Å². The Hall–Kier alpha value is -3.21. The molecular formula is C23H29FN8O2. The van der Waals surface area contributed by atoms with Crippen LogP contribution in [0.25, 0.3) is 5.65 Å². The van der Waals surface area contributed by atoms with Gasteiger partial charge in [0.2, 0.25) is 5.95 Å². The van der Waals surface area contributed by atoms with Crippen molar-refractivity contribution < 1.29 is 13.9 Å². The number of likely N-dealkylation sites (tertiary alicyclic amines) is 1. The summed E-state index contributed by atoms with van der Waals surface area (Å²) in [7, 11) is 0. The first-order chi connectivity index (χ1) is 16.5. The van der Waals surface area contributed by atoms with Gasteiger partial charge in [0.15, 0.2) is 5.82 Å². The average molecular weight is 469 g/mol. The zero-order valence-corrected chi connectivity index (χ0v) is 19.1. The van der Waals surface area contributed by atoms with E-state index in [2.05, 4.69) is 35.7 Å². The number of fused-ring (bicyclic) bond motifs is 1. The molecule has 0 radical (unpaired) electrons. The molecule has 6 rings (SSSR count). The molecule has 180 valence electrons. The second-order valence-electron chi connectivity index (χ2n) is 9.95. The summed E-state index contributed by atoms with van der Waals surface area (Å²) >= 11 is 0. The minimum absolute atomic E-state index is 0.188. The highest BCUT2D eigenvalue weighted by Gasteiger charge is 2.43. The Kier molecular flexibility index (Phi) is 5.16. The smallest absolute Gasteiger partial charge is 0.407 e. The number of nitrogens with zero attached hydrogens (tertiary/aromatic N) is 5. The van der Waals surface area contributed by atoms with Crippen LogP contribution in [0.4, 0.5) is 21.0 Å². The van der Waals surface area contributed by atoms with E-state index in [0.717, 1.165) is 43.8 Å². The van der Waals surface area contributed by atoms with Crippen LogP contribution in [0.2, 0.25) is 0 Å². The van der Waals surface area contributed by atoms with E-state index in [1.807, 2.05) is 23.6 Å². The zero-order valence-electron chi connectivity index (χ0n) is 19.1. The van der Waals surface area contributed by atoms with Crippen molar-refractivity contribution in [2.24, 2.45) is 0 Å². The quantitative estimate of drug-likeness (QED) is 0.488. The Morgan fingerprint density at radius 3 is 2.97 bits per heavy atom. The first-order valence-electron chi connectivity index (χ1n) is 12.0. The zero-order chi connectivity index (χ0) is 23.3. The molecule has 11 heteroatoms. The summed E-state index contributed by atoms with van der Waals surface area (Å²) < 4.78 is 22.4. The number of hydrogen-bond acceptors (Lipinski definition) is 7. The van der Waals surface area contributed by atoms with Crippen molar-refractivity contribution in [1.82, 2.24) is 34.8 Å². The SMILES string of the molecule is CC1(NC(=O)O[C@@H]2CC[C@H](c3cc(Nc4nccc5nc(CN6CCC6)cn45)n[nH]3)[C@@H]2F)CC1. The van der Waals surface area contributed by atoms with Crippen LogP contribution in [0.3, 0.4) is 0 Å². The van der Waals surface area contributed by atoms with Crippen LogP contribution in [0.1, 0.15) is 56.3 Å². The fourth-order valence-corrected chi connectivity index (χ4v) is 4.71. The predicted octanol–water partition coefficient (Wildman–Crippen LogP) is 3.26. The van der Waals surface area contributed by atoms with Crippen LogP contribution < -0.4 is 10.6 Å². The Bertz CT molecular complexity index is 1200. The molecule has 3 aromatic heterocycles. The molecule has 3 aromatic rings. The number of halogens is 1. The Balaban J connectivity index is 1.11. The molecule has 0 aromatic carbocycles. The van der Waals surface area contributed by atoms with Gasteiger partial charge in [-0.25, -0.2) is 19.2 Å². The number of aromatic nitrogens is 5. The number of nitrogens with one attached hydrogen (secondary N) is 3. The molecule has 0 bridgehead atoms. The van der Waals surface area contributed by atoms with Gasteiger partial charge in [-0.2, -0.15) is 5.10 Å². The number of anilines is 2. The molecule has 1 amide bonds. The summed E-state index contributed by atoms with van der Waals surface area (Å²) in [5.74, 6) is 0.731. The van der Waals surface area contributed by atoms with E-state index in [1.54, 1.807) is 12.3 Å². The summed E-state index contributed by atoms with van der Waals surface area (Å²) in [5.41, 5.74) is 2.29. The van der Waals surface area contributed by atoms with Crippen LogP contribution >= 0.6 is 0 Å². The molecule has 3 fully saturated rings. The number of alkyl carbamates (subject to hydrolysis) is 1. The van der Waals surface area contributed by atoms with Crippen molar-refractivity contribution in [3.8, 4) is 0 Å². The summed E-state index contributed by atoms with van der Waals surface area (Å²) in [5, 5.41) is 13.3. The lowest BCUT2D eigenvalue weighted by Gasteiger charge is -2.29. The standard InChI is InChI=1S/C23H29FN8O2/c1-23(6-7-23)28-22(33)34-17-4-3-15(20(17)24)16-11-18(30-29-16)27-21-25-8-5-19-26-14(13-32(19)21)12-31-9-2-10-31/h5,8,11,13,15,17,20H,2-4,6-7,9-10,12H2,1H3,(H,28,33)(H2,25,27,29,30)/t15-,17-,20+/m1/s1. The third-order valence-corrected chi connectivity index (χ3v) is 7.17. The van der Waals surface area contributed by atoms with Crippen molar-refractivity contribution in [3.05, 3.63) is 35.9 Å². The van der Waals surface area contributed by atoms with Gasteiger partial charge in [0.25, 0.3) is 0 Å². The lowest BCUT2D eigenvalue weighted by atomic mass is 10.0. The lowest BCUT2D eigenvalue weighted by molar-refractivity contribution is 0.0546. The number of hydrogen-bond donors (Lipinski definition) is 3. The van der Waals surface area contributed by atoms with Crippen molar-refractivity contribution >= 4 is 23.5 Å². The van der Waals surface area contributed by atoms with Crippen LogP contribution in [0, 0.1) is 0 Å². The van der Waals surface area contributed by atoms with E-state index in [-0.39, 0.29) is 5.54 Å². The Labute approximate surface area is 196 Å². The molecule has 2 aliphatic carbocycles. The second kappa shape index (κ2) is 8.23. The van der Waals surface area contributed by atoms with Crippen molar-refractivity contribution in [3.63, 3.8) is 0 Å². The third kappa shape index (κ3) is 4.20. The molecular weight excluding hydrogens is 439 g/mol. The van der Waals surface area contributed by atoms with E-state index >= 15 is 4.39 Å². The first-order valence-corrected chi connectivity index (χ1v) is 12.0. The van der Waals surface area contributed by atoms with Crippen molar-refractivity contribution in [2.75, 3.05) is 18.4 Å². The van der Waals surface area contributed by atoms with Gasteiger partial charge in [-0.1, -0.05) is 0 Å². The summed E-state index contributed by atoms with van der Waals surface area (Å²) in [6.45, 7) is 5.01. The number of carbonyl (C=O) groups excluding carboxylic acids is 1. The molecule has 0 unspecified atom stereocenters. The van der Waals surface area contributed by atoms with E-state index in [4.69, 9.17) is 4.74 Å². The summed E-state index contributed by atoms with van der Waals surface area (Å²) in [6, 6.07) is 3.66. The van der Waals surface area contributed by atoms with Gasteiger partial charge in [0.1, 0.15) is 17.9 Å². The molecule has 4 heterocycles. The van der Waals surface area contributed by atoms with Gasteiger partial charge in [-0.15, -0.1) is 0 Å². The van der Waals surface area contributed by atoms with Crippen LogP contribution in [0.5, 0.6) is 0 Å². The number of carbonyl (C=O) groups is 1. The molecule has 2 saturated carbocycles. The number of amides is 1. The maximum Gasteiger partial charge on any atom is 0.407 e. The Morgan fingerprint density at radius 2 is 2.21 bits per heavy atom. The third-order valence-electron chi connectivity index (χ3n) is 7.17. The second-order valence-corrected chi connectivity index (χ2v) is 9.95. The minimum Gasteiger partial charge on any atom is -0.443 e. The molecule has 34 heavy (non-hydrogen) atoms. The maximum absolute atomic E-state index is 15.1. The topological polar surface area (TPSA) is 112 Å². The highest BCUT2D eigenvalue weighted by molar-refractivity contribution is 5.69. The first kappa shape index (κ1) is 21.3. The molecule has 0 spiro atoms. The minimum atomic E-state index is -1.29. The molecule has 1 saturated heterocycles. The molecule has 3 aliphatic rings. The number of ether oxygens (including phenoxy) is 1. The lowest BCUT2D eigenvalue weighted by Crippen LogP contribution is -2.38. The normalized spacial score (nSPS) is 25.8. The largest absolute Gasteiger partial charge is 0.443 e. The van der Waals surface area contributed by atoms with E-state index in [9.17, 15) is 4.79 Å². The van der Waals surface area contributed by atoms with E-state index < -0.39 is 24.3 Å². The fourth-order valence-electron chi connectivity index (χ4n) is 4.71. The highest BCUT2D eigenvalue weighted by atomic mass is 19.1. The van der Waals surface area contributed by atoms with Gasteiger partial charge < -0.3 is 15.4 Å². The predicted molar refractivity (Wildman–Crippen MR) is 123 cm³/mol. The van der Waals surface area contributed by atoms with E-state index in [1.165, 1.54) is 6.42 Å². The number of rotatable bonds is 7. The fraction of sp³-hybridized carbons (Fsp3) is 0.565. The van der Waals surface area contributed by atoms with Gasteiger partial charge >= 0.3 is 6.09 Å². The molecule has 3 N–H and O–H groups in total. The Morgan fingerprint density at radius 1 is 1.35 bits per heavy atom. The van der Waals surface area contributed by atoms with Crippen molar-refractivity contribution in [1.29, 1.82) is 0 Å². The van der Waals surface area contributed by atoms with Gasteiger partial charge in [-0.05, 0) is 58.2 Å². The molecule has 1 aliphatic heterocycles. The number of imidazole rings is 1. The average Bonchev–Trinajstić information content (AvgIpc) is 3.14. The van der Waals surface area contributed by atoms with Gasteiger partial charge in [0.05, 0.1) is 5.69 Å². The van der Waals surface area contributed by atoms with Crippen LogP contribution in [-0.4, -0.2) is 66.5 Å². The molecule has 3 atom stereocenters. The number of aromatic amines is 1. The monoisotopic (exact) mass is 468 g/mol.